The monoisotopic (exact) mass is 405 g/mol. The van der Waals surface area contributed by atoms with Gasteiger partial charge in [-0.1, -0.05) is 0 Å². The normalized spacial score (nSPS) is 14.8. The van der Waals surface area contributed by atoms with Gasteiger partial charge in [-0.05, 0) is 12.1 Å². The van der Waals surface area contributed by atoms with Crippen LogP contribution in [0.2, 0.25) is 0 Å². The first kappa shape index (κ1) is 21.5. The molecular formula is C11H8F9NO3S. The summed E-state index contributed by atoms with van der Waals surface area (Å²) >= 11 is 0. The lowest BCUT2D eigenvalue weighted by atomic mass is 10.00. The minimum atomic E-state index is -6.01. The summed E-state index contributed by atoms with van der Waals surface area (Å²) in [5.41, 5.74) is 0. The van der Waals surface area contributed by atoms with Crippen molar-refractivity contribution < 1.29 is 53.0 Å². The van der Waals surface area contributed by atoms with Crippen molar-refractivity contribution in [3.8, 4) is 0 Å². The molecule has 14 heteroatoms. The van der Waals surface area contributed by atoms with Crippen LogP contribution in [0, 0.1) is 23.4 Å². The summed E-state index contributed by atoms with van der Waals surface area (Å²) in [5.74, 6) is -10.8. The van der Waals surface area contributed by atoms with Crippen LogP contribution in [0.3, 0.4) is 0 Å². The Hall–Kier alpha value is -1.54. The molecule has 0 fully saturated rings. The molecule has 0 aliphatic rings. The lowest BCUT2D eigenvalue weighted by Gasteiger charge is -2.29. The van der Waals surface area contributed by atoms with Crippen molar-refractivity contribution >= 4 is 10.0 Å². The molecule has 0 aromatic heterocycles. The summed E-state index contributed by atoms with van der Waals surface area (Å²) in [6, 6.07) is -2.98. The fraction of sp³-hybridized carbons (Fsp3) is 0.455. The second-order valence-electron chi connectivity index (χ2n) is 4.64. The van der Waals surface area contributed by atoms with E-state index in [1.807, 2.05) is 0 Å². The van der Waals surface area contributed by atoms with E-state index in [0.717, 1.165) is 4.72 Å². The predicted molar refractivity (Wildman–Crippen MR) is 63.1 cm³/mol. The largest absolute Gasteiger partial charge is 0.402 e. The van der Waals surface area contributed by atoms with Crippen LogP contribution in [0.1, 0.15) is 0 Å². The third-order valence-electron chi connectivity index (χ3n) is 2.90. The predicted octanol–water partition coefficient (Wildman–Crippen LogP) is 2.48. The maximum atomic E-state index is 13.4. The molecule has 4 nitrogen and oxygen atoms in total. The molecule has 0 saturated carbocycles. The van der Waals surface area contributed by atoms with Crippen molar-refractivity contribution in [3.05, 3.63) is 29.6 Å². The van der Waals surface area contributed by atoms with Crippen molar-refractivity contribution in [2.45, 2.75) is 23.3 Å². The van der Waals surface area contributed by atoms with E-state index in [2.05, 4.69) is 0 Å². The van der Waals surface area contributed by atoms with Crippen molar-refractivity contribution in [2.24, 2.45) is 5.92 Å². The first-order valence-electron chi connectivity index (χ1n) is 6.03. The van der Waals surface area contributed by atoms with Gasteiger partial charge in [0.15, 0.2) is 23.4 Å². The van der Waals surface area contributed by atoms with E-state index in [0.29, 0.717) is 0 Å². The van der Waals surface area contributed by atoms with Crippen LogP contribution in [0.15, 0.2) is 17.0 Å². The Labute approximate surface area is 134 Å². The first-order chi connectivity index (χ1) is 11.1. The molecule has 2 N–H and O–H groups in total. The second kappa shape index (κ2) is 6.99. The lowest BCUT2D eigenvalue weighted by molar-refractivity contribution is -0.292. The smallest absolute Gasteiger partial charge is 0.395 e. The minimum Gasteiger partial charge on any atom is -0.395 e. The van der Waals surface area contributed by atoms with Crippen molar-refractivity contribution in [1.82, 2.24) is 4.72 Å². The highest BCUT2D eigenvalue weighted by Crippen LogP contribution is 2.41. The quantitative estimate of drug-likeness (QED) is 0.585. The molecule has 25 heavy (non-hydrogen) atoms. The zero-order valence-electron chi connectivity index (χ0n) is 11.6. The molecule has 0 saturated heterocycles. The third kappa shape index (κ3) is 4.76. The first-order valence-corrected chi connectivity index (χ1v) is 7.51. The van der Waals surface area contributed by atoms with E-state index in [1.54, 1.807) is 0 Å². The van der Waals surface area contributed by atoms with E-state index < -0.39 is 63.3 Å². The number of nitrogens with one attached hydrogen (secondary N) is 1. The van der Waals surface area contributed by atoms with Gasteiger partial charge in [-0.3, -0.25) is 0 Å². The van der Waals surface area contributed by atoms with Gasteiger partial charge < -0.3 is 5.11 Å². The van der Waals surface area contributed by atoms with Gasteiger partial charge >= 0.3 is 12.4 Å². The van der Waals surface area contributed by atoms with Gasteiger partial charge in [0.2, 0.25) is 10.0 Å². The van der Waals surface area contributed by atoms with E-state index in [-0.39, 0.29) is 12.1 Å². The third-order valence-corrected chi connectivity index (χ3v) is 4.41. The molecule has 0 aliphatic heterocycles. The Balaban J connectivity index is 3.34. The number of benzene rings is 1. The SMILES string of the molecule is O=S(=O)(NC(CO)C(C(F)(F)F)C(F)(F)F)c1ccc(F)c(F)c1F. The summed E-state index contributed by atoms with van der Waals surface area (Å²) < 4.78 is 139. The molecule has 0 aliphatic carbocycles. The van der Waals surface area contributed by atoms with Gasteiger partial charge in [-0.15, -0.1) is 0 Å². The van der Waals surface area contributed by atoms with Gasteiger partial charge in [0.25, 0.3) is 0 Å². The molecular weight excluding hydrogens is 397 g/mol. The molecule has 0 heterocycles. The van der Waals surface area contributed by atoms with E-state index in [1.165, 1.54) is 0 Å². The highest BCUT2D eigenvalue weighted by atomic mass is 32.2. The number of hydrogen-bond donors (Lipinski definition) is 2. The van der Waals surface area contributed by atoms with E-state index in [9.17, 15) is 47.9 Å². The number of alkyl halides is 6. The standard InChI is InChI=1S/C11H8F9NO3S/c12-4-1-2-6(8(14)7(4)13)25(23,24)21-5(3-22)9(10(15,16)17)11(18,19)20/h1-2,5,9,21-22H,3H2. The molecule has 1 unspecified atom stereocenters. The van der Waals surface area contributed by atoms with E-state index in [4.69, 9.17) is 5.11 Å². The minimum absolute atomic E-state index is 0.0979. The molecule has 0 amide bonds. The van der Waals surface area contributed by atoms with Gasteiger partial charge in [0.05, 0.1) is 12.6 Å². The number of sulfonamides is 1. The molecule has 0 radical (unpaired) electrons. The van der Waals surface area contributed by atoms with Gasteiger partial charge in [-0.25, -0.2) is 26.3 Å². The maximum Gasteiger partial charge on any atom is 0.402 e. The fourth-order valence-electron chi connectivity index (χ4n) is 1.83. The number of aliphatic hydroxyl groups is 1. The number of rotatable bonds is 5. The Morgan fingerprint density at radius 3 is 1.84 bits per heavy atom. The molecule has 144 valence electrons. The molecule has 1 aromatic rings. The van der Waals surface area contributed by atoms with Crippen LogP contribution in [0.4, 0.5) is 39.5 Å². The van der Waals surface area contributed by atoms with Crippen LogP contribution in [-0.4, -0.2) is 38.5 Å². The molecule has 1 aromatic carbocycles. The van der Waals surface area contributed by atoms with Crippen molar-refractivity contribution in [1.29, 1.82) is 0 Å². The van der Waals surface area contributed by atoms with Crippen LogP contribution in [0.25, 0.3) is 0 Å². The molecule has 1 atom stereocenters. The summed E-state index contributed by atoms with van der Waals surface area (Å²) in [5, 5.41) is 8.75. The average Bonchev–Trinajstić information content (AvgIpc) is 2.40. The van der Waals surface area contributed by atoms with Crippen molar-refractivity contribution in [2.75, 3.05) is 6.61 Å². The number of hydrogen-bond acceptors (Lipinski definition) is 3. The highest BCUT2D eigenvalue weighted by Gasteiger charge is 2.60. The Bertz CT molecular complexity index is 716. The second-order valence-corrected chi connectivity index (χ2v) is 6.33. The summed E-state index contributed by atoms with van der Waals surface area (Å²) in [6.45, 7) is -1.96. The van der Waals surface area contributed by atoms with Crippen LogP contribution >= 0.6 is 0 Å². The van der Waals surface area contributed by atoms with Crippen molar-refractivity contribution in [3.63, 3.8) is 0 Å². The topological polar surface area (TPSA) is 66.4 Å². The van der Waals surface area contributed by atoms with Crippen LogP contribution in [-0.2, 0) is 10.0 Å². The van der Waals surface area contributed by atoms with E-state index >= 15 is 0 Å². The zero-order chi connectivity index (χ0) is 19.8. The lowest BCUT2D eigenvalue weighted by Crippen LogP contribution is -2.54. The zero-order valence-corrected chi connectivity index (χ0v) is 12.4. The van der Waals surface area contributed by atoms with Gasteiger partial charge in [-0.2, -0.15) is 26.3 Å². The average molecular weight is 405 g/mol. The van der Waals surface area contributed by atoms with Gasteiger partial charge in [0, 0.05) is 0 Å². The summed E-state index contributed by atoms with van der Waals surface area (Å²) in [7, 11) is -5.50. The Kier molecular flexibility index (Phi) is 6.01. The fourth-order valence-corrected chi connectivity index (χ4v) is 3.14. The molecule has 0 bridgehead atoms. The Morgan fingerprint density at radius 1 is 0.960 bits per heavy atom. The van der Waals surface area contributed by atoms with Crippen LogP contribution in [0.5, 0.6) is 0 Å². The van der Waals surface area contributed by atoms with Gasteiger partial charge in [0.1, 0.15) is 4.90 Å². The summed E-state index contributed by atoms with van der Waals surface area (Å²) in [4.78, 5) is -1.73. The molecule has 0 spiro atoms. The number of aliphatic hydroxyl groups excluding tert-OH is 1. The summed E-state index contributed by atoms with van der Waals surface area (Å²) in [6.07, 6.45) is -12.0. The highest BCUT2D eigenvalue weighted by molar-refractivity contribution is 7.89. The Morgan fingerprint density at radius 2 is 1.44 bits per heavy atom. The maximum absolute atomic E-state index is 13.4. The van der Waals surface area contributed by atoms with Crippen LogP contribution < -0.4 is 4.72 Å². The molecule has 1 rings (SSSR count). The number of halogens is 9.